The van der Waals surface area contributed by atoms with Crippen LogP contribution in [-0.4, -0.2) is 49.2 Å². The number of rotatable bonds is 3. The minimum atomic E-state index is -0.675. The SMILES string of the molecule is CCOC(C)(C)C(=O)N1CCNCC1. The zero-order valence-corrected chi connectivity index (χ0v) is 9.30. The quantitative estimate of drug-likeness (QED) is 0.709. The second kappa shape index (κ2) is 4.75. The summed E-state index contributed by atoms with van der Waals surface area (Å²) < 4.78 is 5.43. The van der Waals surface area contributed by atoms with Crippen molar-refractivity contribution in [3.05, 3.63) is 0 Å². The van der Waals surface area contributed by atoms with Gasteiger partial charge in [0.1, 0.15) is 5.60 Å². The third-order valence-electron chi connectivity index (χ3n) is 2.42. The summed E-state index contributed by atoms with van der Waals surface area (Å²) >= 11 is 0. The predicted octanol–water partition coefficient (Wildman–Crippen LogP) is 0.233. The molecule has 0 radical (unpaired) electrons. The Labute approximate surface area is 85.6 Å². The van der Waals surface area contributed by atoms with Gasteiger partial charge in [0.05, 0.1) is 0 Å². The van der Waals surface area contributed by atoms with Crippen LogP contribution in [0.4, 0.5) is 0 Å². The molecule has 0 unspecified atom stereocenters. The maximum absolute atomic E-state index is 12.0. The molecule has 1 aliphatic rings. The first kappa shape index (κ1) is 11.5. The van der Waals surface area contributed by atoms with Crippen LogP contribution in [0, 0.1) is 0 Å². The average Bonchev–Trinajstić information content (AvgIpc) is 2.18. The lowest BCUT2D eigenvalue weighted by atomic mass is 10.1. The van der Waals surface area contributed by atoms with Gasteiger partial charge in [-0.3, -0.25) is 4.79 Å². The summed E-state index contributed by atoms with van der Waals surface area (Å²) in [5, 5.41) is 3.22. The van der Waals surface area contributed by atoms with Crippen molar-refractivity contribution in [1.82, 2.24) is 10.2 Å². The highest BCUT2D eigenvalue weighted by Crippen LogP contribution is 2.13. The van der Waals surface area contributed by atoms with Gasteiger partial charge in [-0.05, 0) is 20.8 Å². The second-order valence-corrected chi connectivity index (χ2v) is 3.99. The molecule has 0 aromatic rings. The average molecular weight is 200 g/mol. The Morgan fingerprint density at radius 3 is 2.50 bits per heavy atom. The van der Waals surface area contributed by atoms with Gasteiger partial charge >= 0.3 is 0 Å². The minimum absolute atomic E-state index is 0.0980. The summed E-state index contributed by atoms with van der Waals surface area (Å²) in [6.45, 7) is 9.49. The number of amides is 1. The number of ether oxygens (including phenoxy) is 1. The molecule has 1 fully saturated rings. The highest BCUT2D eigenvalue weighted by Gasteiger charge is 2.32. The van der Waals surface area contributed by atoms with Crippen LogP contribution < -0.4 is 5.32 Å². The molecule has 0 bridgehead atoms. The topological polar surface area (TPSA) is 41.6 Å². The lowest BCUT2D eigenvalue weighted by Crippen LogP contribution is -2.53. The van der Waals surface area contributed by atoms with Gasteiger partial charge in [0, 0.05) is 32.8 Å². The number of nitrogens with zero attached hydrogens (tertiary/aromatic N) is 1. The van der Waals surface area contributed by atoms with E-state index < -0.39 is 5.60 Å². The number of carbonyl (C=O) groups is 1. The fourth-order valence-electron chi connectivity index (χ4n) is 1.67. The first-order valence-corrected chi connectivity index (χ1v) is 5.22. The summed E-state index contributed by atoms with van der Waals surface area (Å²) in [7, 11) is 0. The molecule has 4 heteroatoms. The molecule has 1 amide bonds. The van der Waals surface area contributed by atoms with E-state index in [-0.39, 0.29) is 5.91 Å². The van der Waals surface area contributed by atoms with E-state index in [1.807, 2.05) is 25.7 Å². The highest BCUT2D eigenvalue weighted by molar-refractivity contribution is 5.84. The molecule has 1 aliphatic heterocycles. The Morgan fingerprint density at radius 1 is 1.43 bits per heavy atom. The summed E-state index contributed by atoms with van der Waals surface area (Å²) in [4.78, 5) is 13.9. The predicted molar refractivity (Wildman–Crippen MR) is 55.2 cm³/mol. The van der Waals surface area contributed by atoms with Gasteiger partial charge < -0.3 is 15.0 Å². The van der Waals surface area contributed by atoms with Crippen LogP contribution in [0.5, 0.6) is 0 Å². The molecule has 1 heterocycles. The molecule has 0 aromatic heterocycles. The van der Waals surface area contributed by atoms with E-state index in [9.17, 15) is 4.79 Å². The number of hydrogen-bond donors (Lipinski definition) is 1. The highest BCUT2D eigenvalue weighted by atomic mass is 16.5. The van der Waals surface area contributed by atoms with Gasteiger partial charge in [-0.2, -0.15) is 0 Å². The summed E-state index contributed by atoms with van der Waals surface area (Å²) in [5.41, 5.74) is -0.675. The largest absolute Gasteiger partial charge is 0.366 e. The summed E-state index contributed by atoms with van der Waals surface area (Å²) in [6, 6.07) is 0. The van der Waals surface area contributed by atoms with Crippen LogP contribution in [0.1, 0.15) is 20.8 Å². The normalized spacial score (nSPS) is 18.4. The van der Waals surface area contributed by atoms with Crippen LogP contribution in [0.25, 0.3) is 0 Å². The van der Waals surface area contributed by atoms with Gasteiger partial charge in [0.15, 0.2) is 0 Å². The zero-order valence-electron chi connectivity index (χ0n) is 9.30. The summed E-state index contributed by atoms with van der Waals surface area (Å²) in [5.74, 6) is 0.0980. The fraction of sp³-hybridized carbons (Fsp3) is 0.900. The molecule has 0 atom stereocenters. The maximum atomic E-state index is 12.0. The molecule has 0 aromatic carbocycles. The zero-order chi connectivity index (χ0) is 10.6. The first-order valence-electron chi connectivity index (χ1n) is 5.22. The third-order valence-corrected chi connectivity index (χ3v) is 2.42. The smallest absolute Gasteiger partial charge is 0.254 e. The Hall–Kier alpha value is -0.610. The minimum Gasteiger partial charge on any atom is -0.366 e. The molecule has 1 rings (SSSR count). The number of hydrogen-bond acceptors (Lipinski definition) is 3. The van der Waals surface area contributed by atoms with Crippen LogP contribution in [-0.2, 0) is 9.53 Å². The lowest BCUT2D eigenvalue weighted by Gasteiger charge is -2.34. The van der Waals surface area contributed by atoms with Gasteiger partial charge in [0.25, 0.3) is 5.91 Å². The molecular formula is C10H20N2O2. The number of carbonyl (C=O) groups excluding carboxylic acids is 1. The molecule has 14 heavy (non-hydrogen) atoms. The number of piperazine rings is 1. The fourth-order valence-corrected chi connectivity index (χ4v) is 1.67. The Balaban J connectivity index is 2.53. The van der Waals surface area contributed by atoms with Crippen LogP contribution in [0.3, 0.4) is 0 Å². The van der Waals surface area contributed by atoms with E-state index in [1.165, 1.54) is 0 Å². The van der Waals surface area contributed by atoms with Gasteiger partial charge in [0.2, 0.25) is 0 Å². The van der Waals surface area contributed by atoms with E-state index in [0.717, 1.165) is 26.2 Å². The van der Waals surface area contributed by atoms with E-state index in [1.54, 1.807) is 0 Å². The van der Waals surface area contributed by atoms with Crippen molar-refractivity contribution in [2.75, 3.05) is 32.8 Å². The molecule has 0 saturated carbocycles. The van der Waals surface area contributed by atoms with Crippen molar-refractivity contribution in [1.29, 1.82) is 0 Å². The monoisotopic (exact) mass is 200 g/mol. The Kier molecular flexibility index (Phi) is 3.89. The standard InChI is InChI=1S/C10H20N2O2/c1-4-14-10(2,3)9(13)12-7-5-11-6-8-12/h11H,4-8H2,1-3H3. The van der Waals surface area contributed by atoms with Gasteiger partial charge in [-0.1, -0.05) is 0 Å². The molecule has 4 nitrogen and oxygen atoms in total. The van der Waals surface area contributed by atoms with Crippen molar-refractivity contribution in [2.45, 2.75) is 26.4 Å². The molecule has 82 valence electrons. The lowest BCUT2D eigenvalue weighted by molar-refractivity contribution is -0.154. The van der Waals surface area contributed by atoms with Crippen molar-refractivity contribution in [3.63, 3.8) is 0 Å². The third kappa shape index (κ3) is 2.69. The van der Waals surface area contributed by atoms with Crippen LogP contribution in [0.15, 0.2) is 0 Å². The molecule has 0 aliphatic carbocycles. The van der Waals surface area contributed by atoms with Crippen molar-refractivity contribution < 1.29 is 9.53 Å². The van der Waals surface area contributed by atoms with Crippen molar-refractivity contribution >= 4 is 5.91 Å². The van der Waals surface area contributed by atoms with E-state index in [0.29, 0.717) is 6.61 Å². The summed E-state index contributed by atoms with van der Waals surface area (Å²) in [6.07, 6.45) is 0. The molecule has 1 N–H and O–H groups in total. The van der Waals surface area contributed by atoms with Crippen molar-refractivity contribution in [3.8, 4) is 0 Å². The van der Waals surface area contributed by atoms with Crippen LogP contribution in [0.2, 0.25) is 0 Å². The van der Waals surface area contributed by atoms with E-state index >= 15 is 0 Å². The van der Waals surface area contributed by atoms with Crippen LogP contribution >= 0.6 is 0 Å². The Bertz CT molecular complexity index is 198. The maximum Gasteiger partial charge on any atom is 0.254 e. The number of nitrogens with one attached hydrogen (secondary N) is 1. The molecule has 0 spiro atoms. The molecular weight excluding hydrogens is 180 g/mol. The Morgan fingerprint density at radius 2 is 2.00 bits per heavy atom. The first-order chi connectivity index (χ1) is 6.58. The second-order valence-electron chi connectivity index (χ2n) is 3.99. The van der Waals surface area contributed by atoms with Gasteiger partial charge in [-0.15, -0.1) is 0 Å². The van der Waals surface area contributed by atoms with E-state index in [2.05, 4.69) is 5.32 Å². The molecule has 1 saturated heterocycles. The van der Waals surface area contributed by atoms with Crippen molar-refractivity contribution in [2.24, 2.45) is 0 Å². The van der Waals surface area contributed by atoms with E-state index in [4.69, 9.17) is 4.74 Å². The van der Waals surface area contributed by atoms with Gasteiger partial charge in [-0.25, -0.2) is 0 Å².